The van der Waals surface area contributed by atoms with Crippen molar-refractivity contribution in [1.29, 1.82) is 5.26 Å². The van der Waals surface area contributed by atoms with Gasteiger partial charge in [0.2, 0.25) is 0 Å². The van der Waals surface area contributed by atoms with Gasteiger partial charge in [-0.1, -0.05) is 34.1 Å². The zero-order valence-corrected chi connectivity index (χ0v) is 13.4. The number of benzene rings is 2. The fraction of sp³-hybridized carbons (Fsp3) is 0.188. The molecule has 0 aliphatic carbocycles. The Hall–Kier alpha value is -1.50. The smallest absolute Gasteiger partial charge is 0.0991 e. The predicted octanol–water partition coefficient (Wildman–Crippen LogP) is 4.70. The van der Waals surface area contributed by atoms with E-state index < -0.39 is 0 Å². The van der Waals surface area contributed by atoms with E-state index in [1.54, 1.807) is 0 Å². The maximum absolute atomic E-state index is 8.94. The van der Waals surface area contributed by atoms with E-state index in [1.165, 1.54) is 0 Å². The number of anilines is 1. The Morgan fingerprint density at radius 1 is 1.25 bits per heavy atom. The number of rotatable bonds is 4. The molecule has 2 aromatic carbocycles. The molecule has 0 N–H and O–H groups in total. The van der Waals surface area contributed by atoms with Crippen LogP contribution in [0.2, 0.25) is 0 Å². The van der Waals surface area contributed by atoms with Crippen LogP contribution in [0.25, 0.3) is 0 Å². The highest BCUT2D eigenvalue weighted by atomic mass is 79.9. The normalized spacial score (nSPS) is 10.1. The van der Waals surface area contributed by atoms with Crippen molar-refractivity contribution >= 4 is 33.2 Å². The van der Waals surface area contributed by atoms with Crippen LogP contribution in [0.5, 0.6) is 0 Å². The molecule has 2 rings (SSSR count). The lowest BCUT2D eigenvalue weighted by molar-refractivity contribution is 0.915. The van der Waals surface area contributed by atoms with Gasteiger partial charge in [0.25, 0.3) is 0 Å². The van der Waals surface area contributed by atoms with Crippen molar-refractivity contribution in [1.82, 2.24) is 0 Å². The molecule has 0 saturated carbocycles. The Morgan fingerprint density at radius 3 is 2.75 bits per heavy atom. The number of hydrogen-bond donors (Lipinski definition) is 0. The van der Waals surface area contributed by atoms with E-state index in [1.807, 2.05) is 43.4 Å². The summed E-state index contributed by atoms with van der Waals surface area (Å²) in [6.45, 7) is 0.732. The van der Waals surface area contributed by atoms with Crippen LogP contribution in [-0.2, 0) is 12.4 Å². The Balaban J connectivity index is 2.25. The first kappa shape index (κ1) is 14.9. The number of halogens is 2. The van der Waals surface area contributed by atoms with E-state index in [9.17, 15) is 0 Å². The summed E-state index contributed by atoms with van der Waals surface area (Å²) in [6, 6.07) is 15.9. The molecular formula is C16H14BrClN2. The molecule has 0 fully saturated rings. The molecule has 0 aromatic heterocycles. The van der Waals surface area contributed by atoms with Crippen LogP contribution in [0.3, 0.4) is 0 Å². The number of alkyl halides is 1. The molecule has 0 radical (unpaired) electrons. The fourth-order valence-electron chi connectivity index (χ4n) is 2.10. The monoisotopic (exact) mass is 348 g/mol. The van der Waals surface area contributed by atoms with Crippen LogP contribution in [-0.4, -0.2) is 7.05 Å². The molecule has 0 unspecified atom stereocenters. The van der Waals surface area contributed by atoms with Gasteiger partial charge in [-0.2, -0.15) is 5.26 Å². The quantitative estimate of drug-likeness (QED) is 0.748. The molecule has 0 spiro atoms. The van der Waals surface area contributed by atoms with Gasteiger partial charge in [-0.3, -0.25) is 0 Å². The minimum Gasteiger partial charge on any atom is -0.370 e. The highest BCUT2D eigenvalue weighted by Gasteiger charge is 2.08. The van der Waals surface area contributed by atoms with Crippen LogP contribution in [0, 0.1) is 11.3 Å². The van der Waals surface area contributed by atoms with Crippen molar-refractivity contribution in [3.8, 4) is 6.07 Å². The van der Waals surface area contributed by atoms with Gasteiger partial charge < -0.3 is 4.90 Å². The van der Waals surface area contributed by atoms with Crippen LogP contribution in [0.1, 0.15) is 16.7 Å². The summed E-state index contributed by atoms with van der Waals surface area (Å²) in [5, 5.41) is 8.94. The minimum absolute atomic E-state index is 0.477. The second-order valence-electron chi connectivity index (χ2n) is 4.57. The average Bonchev–Trinajstić information content (AvgIpc) is 2.47. The lowest BCUT2D eigenvalue weighted by atomic mass is 10.1. The second-order valence-corrected chi connectivity index (χ2v) is 5.76. The van der Waals surface area contributed by atoms with Gasteiger partial charge in [-0.15, -0.1) is 11.6 Å². The van der Waals surface area contributed by atoms with Crippen molar-refractivity contribution in [2.24, 2.45) is 0 Å². The third-order valence-corrected chi connectivity index (χ3v) is 3.86. The van der Waals surface area contributed by atoms with Crippen molar-refractivity contribution < 1.29 is 0 Å². The first-order valence-corrected chi connectivity index (χ1v) is 7.51. The van der Waals surface area contributed by atoms with Gasteiger partial charge in [-0.05, 0) is 35.4 Å². The Kier molecular flexibility index (Phi) is 5.05. The molecule has 2 aromatic rings. The van der Waals surface area contributed by atoms with Gasteiger partial charge in [0.15, 0.2) is 0 Å². The van der Waals surface area contributed by atoms with Crippen LogP contribution >= 0.6 is 27.5 Å². The molecule has 0 aliphatic rings. The largest absolute Gasteiger partial charge is 0.370 e. The van der Waals surface area contributed by atoms with Gasteiger partial charge in [0.05, 0.1) is 11.6 Å². The number of nitriles is 1. The molecule has 0 atom stereocenters. The maximum atomic E-state index is 8.94. The van der Waals surface area contributed by atoms with Crippen molar-refractivity contribution in [2.75, 3.05) is 11.9 Å². The topological polar surface area (TPSA) is 27.0 Å². The molecule has 0 amide bonds. The van der Waals surface area contributed by atoms with Gasteiger partial charge >= 0.3 is 0 Å². The molecule has 0 saturated heterocycles. The molecule has 0 aliphatic heterocycles. The average molecular weight is 350 g/mol. The fourth-order valence-corrected chi connectivity index (χ4v) is 2.68. The minimum atomic E-state index is 0.477. The molecular weight excluding hydrogens is 336 g/mol. The number of nitrogens with zero attached hydrogens (tertiary/aromatic N) is 2. The van der Waals surface area contributed by atoms with Crippen LogP contribution < -0.4 is 4.90 Å². The maximum Gasteiger partial charge on any atom is 0.0991 e. The summed E-state index contributed by atoms with van der Waals surface area (Å²) in [4.78, 5) is 2.14. The summed E-state index contributed by atoms with van der Waals surface area (Å²) in [5.74, 6) is 0.477. The van der Waals surface area contributed by atoms with Crippen molar-refractivity contribution in [3.63, 3.8) is 0 Å². The first-order chi connectivity index (χ1) is 9.63. The van der Waals surface area contributed by atoms with Crippen molar-refractivity contribution in [2.45, 2.75) is 12.4 Å². The van der Waals surface area contributed by atoms with Gasteiger partial charge in [0.1, 0.15) is 0 Å². The van der Waals surface area contributed by atoms with Gasteiger partial charge in [-0.25, -0.2) is 0 Å². The van der Waals surface area contributed by atoms with Crippen molar-refractivity contribution in [3.05, 3.63) is 63.6 Å². The van der Waals surface area contributed by atoms with E-state index >= 15 is 0 Å². The second kappa shape index (κ2) is 6.78. The summed E-state index contributed by atoms with van der Waals surface area (Å²) in [5.41, 5.74) is 3.97. The molecule has 0 heterocycles. The third-order valence-electron chi connectivity index (χ3n) is 3.08. The standard InChI is InChI=1S/C16H14BrClN2/c1-20(11-13-4-2-3-12(7-13)10-19)16-8-15(17)6-5-14(16)9-18/h2-8H,9,11H2,1H3. The summed E-state index contributed by atoms with van der Waals surface area (Å²) >= 11 is 9.48. The third kappa shape index (κ3) is 3.53. The lowest BCUT2D eigenvalue weighted by Gasteiger charge is -2.22. The summed E-state index contributed by atoms with van der Waals surface area (Å²) in [7, 11) is 2.02. The van der Waals surface area contributed by atoms with E-state index in [2.05, 4.69) is 33.0 Å². The highest BCUT2D eigenvalue weighted by molar-refractivity contribution is 9.10. The Morgan fingerprint density at radius 2 is 2.05 bits per heavy atom. The van der Waals surface area contributed by atoms with E-state index in [-0.39, 0.29) is 0 Å². The van der Waals surface area contributed by atoms with Crippen LogP contribution in [0.15, 0.2) is 46.9 Å². The van der Waals surface area contributed by atoms with E-state index in [0.29, 0.717) is 11.4 Å². The predicted molar refractivity (Wildman–Crippen MR) is 87.0 cm³/mol. The Labute approximate surface area is 132 Å². The molecule has 4 heteroatoms. The summed E-state index contributed by atoms with van der Waals surface area (Å²) in [6.07, 6.45) is 0. The SMILES string of the molecule is CN(Cc1cccc(C#N)c1)c1cc(Br)ccc1CCl. The van der Waals surface area contributed by atoms with Gasteiger partial charge in [0, 0.05) is 29.6 Å². The molecule has 20 heavy (non-hydrogen) atoms. The lowest BCUT2D eigenvalue weighted by Crippen LogP contribution is -2.17. The highest BCUT2D eigenvalue weighted by Crippen LogP contribution is 2.27. The molecule has 2 nitrogen and oxygen atoms in total. The summed E-state index contributed by atoms with van der Waals surface area (Å²) < 4.78 is 1.03. The zero-order chi connectivity index (χ0) is 14.5. The Bertz CT molecular complexity index is 649. The van der Waals surface area contributed by atoms with E-state index in [0.717, 1.165) is 27.8 Å². The molecule has 102 valence electrons. The zero-order valence-electron chi connectivity index (χ0n) is 11.1. The molecule has 0 bridgehead atoms. The first-order valence-electron chi connectivity index (χ1n) is 6.18. The van der Waals surface area contributed by atoms with Crippen LogP contribution in [0.4, 0.5) is 5.69 Å². The number of hydrogen-bond acceptors (Lipinski definition) is 2. The van der Waals surface area contributed by atoms with E-state index in [4.69, 9.17) is 16.9 Å².